The van der Waals surface area contributed by atoms with Gasteiger partial charge in [-0.3, -0.25) is 9.59 Å². The number of hydrogen-bond acceptors (Lipinski definition) is 5. The number of ketones is 1. The van der Waals surface area contributed by atoms with Crippen LogP contribution in [0, 0.1) is 0 Å². The highest BCUT2D eigenvalue weighted by atomic mass is 35.5. The maximum atomic E-state index is 12.9. The zero-order chi connectivity index (χ0) is 22.7. The summed E-state index contributed by atoms with van der Waals surface area (Å²) in [5.74, 6) is -0.481. The van der Waals surface area contributed by atoms with Crippen molar-refractivity contribution in [3.63, 3.8) is 0 Å². The van der Waals surface area contributed by atoms with Gasteiger partial charge in [0.2, 0.25) is 0 Å². The number of aliphatic hydroxyl groups excluding tert-OH is 1. The summed E-state index contributed by atoms with van der Waals surface area (Å²) >= 11 is 6.20. The SMILES string of the molecule is CCCN1C(=O)C(=O)/C(=C(\O)c2ccc(OC)c(Cl)c2)C1c1ccc(OC(C)C)cc1. The largest absolute Gasteiger partial charge is 0.507 e. The number of Topliss-reactive ketones (excluding diaryl/α,β-unsaturated/α-hetero) is 1. The topological polar surface area (TPSA) is 76.1 Å². The number of carbonyl (C=O) groups is 2. The van der Waals surface area contributed by atoms with Crippen molar-refractivity contribution >= 4 is 29.1 Å². The zero-order valence-corrected chi connectivity index (χ0v) is 18.8. The molecular weight excluding hydrogens is 418 g/mol. The second-order valence-electron chi connectivity index (χ2n) is 7.58. The standard InChI is InChI=1S/C24H26ClNO5/c1-5-12-26-21(15-6-9-17(10-7-15)31-14(2)3)20(23(28)24(26)29)22(27)16-8-11-19(30-4)18(25)13-16/h6-11,13-14,21,27H,5,12H2,1-4H3/b22-20-. The molecule has 0 spiro atoms. The second kappa shape index (κ2) is 9.43. The number of halogens is 1. The molecule has 1 atom stereocenters. The van der Waals surface area contributed by atoms with Crippen LogP contribution in [0.5, 0.6) is 11.5 Å². The molecule has 0 bridgehead atoms. The Bertz CT molecular complexity index is 1010. The smallest absolute Gasteiger partial charge is 0.295 e. The van der Waals surface area contributed by atoms with E-state index >= 15 is 0 Å². The fourth-order valence-electron chi connectivity index (χ4n) is 3.67. The van der Waals surface area contributed by atoms with Gasteiger partial charge in [0.1, 0.15) is 17.3 Å². The van der Waals surface area contributed by atoms with Gasteiger partial charge in [0.05, 0.1) is 29.9 Å². The van der Waals surface area contributed by atoms with Crippen LogP contribution >= 0.6 is 11.6 Å². The molecule has 1 aliphatic heterocycles. The molecule has 1 heterocycles. The van der Waals surface area contributed by atoms with Crippen molar-refractivity contribution in [2.75, 3.05) is 13.7 Å². The molecule has 1 aliphatic rings. The van der Waals surface area contributed by atoms with Crippen LogP contribution in [0.1, 0.15) is 44.4 Å². The van der Waals surface area contributed by atoms with Crippen LogP contribution < -0.4 is 9.47 Å². The van der Waals surface area contributed by atoms with Gasteiger partial charge in [-0.05, 0) is 56.2 Å². The Morgan fingerprint density at radius 3 is 2.39 bits per heavy atom. The third-order valence-electron chi connectivity index (χ3n) is 5.00. The first-order valence-electron chi connectivity index (χ1n) is 10.2. The first-order chi connectivity index (χ1) is 14.8. The third kappa shape index (κ3) is 4.54. The third-order valence-corrected chi connectivity index (χ3v) is 5.29. The van der Waals surface area contributed by atoms with Gasteiger partial charge in [0, 0.05) is 12.1 Å². The number of rotatable bonds is 7. The Hall–Kier alpha value is -2.99. The van der Waals surface area contributed by atoms with Gasteiger partial charge in [-0.15, -0.1) is 0 Å². The predicted octanol–water partition coefficient (Wildman–Crippen LogP) is 4.97. The Morgan fingerprint density at radius 2 is 1.84 bits per heavy atom. The summed E-state index contributed by atoms with van der Waals surface area (Å²) < 4.78 is 10.8. The number of aliphatic hydroxyl groups is 1. The minimum atomic E-state index is -0.717. The van der Waals surface area contributed by atoms with E-state index in [0.29, 0.717) is 40.6 Å². The van der Waals surface area contributed by atoms with Crippen molar-refractivity contribution in [1.82, 2.24) is 4.90 Å². The number of ether oxygens (including phenoxy) is 2. The molecule has 0 saturated carbocycles. The highest BCUT2D eigenvalue weighted by molar-refractivity contribution is 6.46. The van der Waals surface area contributed by atoms with Crippen molar-refractivity contribution in [3.8, 4) is 11.5 Å². The van der Waals surface area contributed by atoms with Crippen LogP contribution in [0.15, 0.2) is 48.0 Å². The number of benzene rings is 2. The molecule has 3 rings (SSSR count). The number of hydrogen-bond donors (Lipinski definition) is 1. The summed E-state index contributed by atoms with van der Waals surface area (Å²) in [5.41, 5.74) is 1.09. The van der Waals surface area contributed by atoms with E-state index < -0.39 is 17.7 Å². The molecule has 31 heavy (non-hydrogen) atoms. The molecule has 1 saturated heterocycles. The lowest BCUT2D eigenvalue weighted by molar-refractivity contribution is -0.139. The maximum Gasteiger partial charge on any atom is 0.295 e. The van der Waals surface area contributed by atoms with Gasteiger partial charge >= 0.3 is 0 Å². The molecule has 0 radical (unpaired) electrons. The summed E-state index contributed by atoms with van der Waals surface area (Å²) in [6.45, 7) is 6.19. The van der Waals surface area contributed by atoms with E-state index in [0.717, 1.165) is 0 Å². The van der Waals surface area contributed by atoms with Crippen LogP contribution in [0.25, 0.3) is 5.76 Å². The number of nitrogens with zero attached hydrogens (tertiary/aromatic N) is 1. The highest BCUT2D eigenvalue weighted by Gasteiger charge is 2.45. The normalized spacial score (nSPS) is 18.0. The van der Waals surface area contributed by atoms with Gasteiger partial charge in [0.15, 0.2) is 0 Å². The van der Waals surface area contributed by atoms with Crippen LogP contribution in [0.4, 0.5) is 0 Å². The fraction of sp³-hybridized carbons (Fsp3) is 0.333. The van der Waals surface area contributed by atoms with Gasteiger partial charge in [-0.2, -0.15) is 0 Å². The first kappa shape index (κ1) is 22.7. The van der Waals surface area contributed by atoms with E-state index in [9.17, 15) is 14.7 Å². The Kier molecular flexibility index (Phi) is 6.91. The van der Waals surface area contributed by atoms with Crippen molar-refractivity contribution in [1.29, 1.82) is 0 Å². The lowest BCUT2D eigenvalue weighted by Crippen LogP contribution is -2.30. The lowest BCUT2D eigenvalue weighted by atomic mass is 9.95. The minimum absolute atomic E-state index is 0.0244. The average molecular weight is 444 g/mol. The first-order valence-corrected chi connectivity index (χ1v) is 10.5. The lowest BCUT2D eigenvalue weighted by Gasteiger charge is -2.25. The molecule has 164 valence electrons. The van der Waals surface area contributed by atoms with E-state index in [2.05, 4.69) is 0 Å². The number of amides is 1. The molecule has 1 amide bonds. The maximum absolute atomic E-state index is 12.9. The van der Waals surface area contributed by atoms with E-state index in [1.54, 1.807) is 24.3 Å². The minimum Gasteiger partial charge on any atom is -0.507 e. The van der Waals surface area contributed by atoms with Gasteiger partial charge in [-0.25, -0.2) is 0 Å². The van der Waals surface area contributed by atoms with Crippen LogP contribution in [-0.2, 0) is 9.59 Å². The summed E-state index contributed by atoms with van der Waals surface area (Å²) in [4.78, 5) is 27.2. The van der Waals surface area contributed by atoms with Gasteiger partial charge in [-0.1, -0.05) is 30.7 Å². The quantitative estimate of drug-likeness (QED) is 0.371. The molecule has 1 fully saturated rings. The van der Waals surface area contributed by atoms with Gasteiger partial charge in [0.25, 0.3) is 11.7 Å². The van der Waals surface area contributed by atoms with Crippen molar-refractivity contribution in [2.24, 2.45) is 0 Å². The predicted molar refractivity (Wildman–Crippen MR) is 120 cm³/mol. The molecular formula is C24H26ClNO5. The molecule has 6 nitrogen and oxygen atoms in total. The average Bonchev–Trinajstić information content (AvgIpc) is 2.98. The number of likely N-dealkylation sites (tertiary alicyclic amines) is 1. The summed E-state index contributed by atoms with van der Waals surface area (Å²) in [6.07, 6.45) is 0.698. The summed E-state index contributed by atoms with van der Waals surface area (Å²) in [6, 6.07) is 11.2. The highest BCUT2D eigenvalue weighted by Crippen LogP contribution is 2.40. The Balaban J connectivity index is 2.11. The monoisotopic (exact) mass is 443 g/mol. The van der Waals surface area contributed by atoms with Crippen LogP contribution in [0.3, 0.4) is 0 Å². The number of methoxy groups -OCH3 is 1. The molecule has 7 heteroatoms. The molecule has 1 unspecified atom stereocenters. The Labute approximate surface area is 187 Å². The van der Waals surface area contributed by atoms with Gasteiger partial charge < -0.3 is 19.5 Å². The molecule has 0 aliphatic carbocycles. The molecule has 2 aromatic carbocycles. The number of carbonyl (C=O) groups excluding carboxylic acids is 2. The van der Waals surface area contributed by atoms with Crippen LogP contribution in [-0.4, -0.2) is 41.5 Å². The van der Waals surface area contributed by atoms with E-state index in [1.807, 2.05) is 32.9 Å². The van der Waals surface area contributed by atoms with E-state index in [4.69, 9.17) is 21.1 Å². The summed E-state index contributed by atoms with van der Waals surface area (Å²) in [5, 5.41) is 11.3. The van der Waals surface area contributed by atoms with Crippen LogP contribution in [0.2, 0.25) is 5.02 Å². The van der Waals surface area contributed by atoms with Crippen molar-refractivity contribution < 1.29 is 24.2 Å². The van der Waals surface area contributed by atoms with E-state index in [-0.39, 0.29) is 17.4 Å². The van der Waals surface area contributed by atoms with E-state index in [1.165, 1.54) is 18.1 Å². The molecule has 2 aromatic rings. The Morgan fingerprint density at radius 1 is 1.16 bits per heavy atom. The zero-order valence-electron chi connectivity index (χ0n) is 18.0. The fourth-order valence-corrected chi connectivity index (χ4v) is 3.93. The second-order valence-corrected chi connectivity index (χ2v) is 7.98. The molecule has 0 aromatic heterocycles. The summed E-state index contributed by atoms with van der Waals surface area (Å²) in [7, 11) is 1.49. The van der Waals surface area contributed by atoms with Crippen molar-refractivity contribution in [3.05, 3.63) is 64.2 Å². The molecule has 1 N–H and O–H groups in total. The van der Waals surface area contributed by atoms with Crippen molar-refractivity contribution in [2.45, 2.75) is 39.3 Å².